The van der Waals surface area contributed by atoms with E-state index in [0.717, 1.165) is 10.4 Å². The molecule has 2 aromatic rings. The van der Waals surface area contributed by atoms with Crippen molar-refractivity contribution in [3.63, 3.8) is 0 Å². The molecular formula is C15H15N3O3S. The van der Waals surface area contributed by atoms with Crippen LogP contribution in [-0.2, 0) is 4.79 Å². The van der Waals surface area contributed by atoms with Gasteiger partial charge in [-0.3, -0.25) is 4.79 Å². The molecule has 7 heteroatoms. The van der Waals surface area contributed by atoms with E-state index in [2.05, 4.69) is 10.3 Å². The van der Waals surface area contributed by atoms with Crippen molar-refractivity contribution in [2.45, 2.75) is 6.42 Å². The van der Waals surface area contributed by atoms with E-state index in [1.54, 1.807) is 6.20 Å². The first-order valence-corrected chi connectivity index (χ1v) is 7.75. The van der Waals surface area contributed by atoms with Gasteiger partial charge in [-0.15, -0.1) is 0 Å². The second-order valence-electron chi connectivity index (χ2n) is 5.10. The van der Waals surface area contributed by atoms with Crippen molar-refractivity contribution in [1.82, 2.24) is 9.88 Å². The van der Waals surface area contributed by atoms with E-state index >= 15 is 0 Å². The summed E-state index contributed by atoms with van der Waals surface area (Å²) in [5.74, 6) is -0.474. The van der Waals surface area contributed by atoms with E-state index in [4.69, 9.17) is 5.11 Å². The normalized spacial score (nSPS) is 17.5. The first kappa shape index (κ1) is 14.5. The predicted octanol–water partition coefficient (Wildman–Crippen LogP) is 2.75. The van der Waals surface area contributed by atoms with Crippen LogP contribution < -0.4 is 5.32 Å². The molecule has 114 valence electrons. The molecule has 2 heterocycles. The number of carboxylic acid groups (broad SMARTS) is 1. The number of carbonyl (C=O) groups is 2. The maximum Gasteiger partial charge on any atom is 0.407 e. The molecule has 1 aromatic heterocycles. The number of nitrogens with zero attached hydrogens (tertiary/aromatic N) is 2. The quantitative estimate of drug-likeness (QED) is 0.912. The number of anilines is 1. The number of nitrogens with one attached hydrogen (secondary N) is 1. The highest BCUT2D eigenvalue weighted by molar-refractivity contribution is 7.19. The van der Waals surface area contributed by atoms with Crippen LogP contribution >= 0.6 is 11.3 Å². The number of hydrogen-bond donors (Lipinski definition) is 2. The molecule has 0 aliphatic carbocycles. The summed E-state index contributed by atoms with van der Waals surface area (Å²) in [7, 11) is 0. The number of benzene rings is 1. The smallest absolute Gasteiger partial charge is 0.407 e. The molecule has 3 rings (SSSR count). The molecule has 6 nitrogen and oxygen atoms in total. The molecule has 1 aliphatic heterocycles. The molecule has 1 saturated heterocycles. The summed E-state index contributed by atoms with van der Waals surface area (Å²) in [6, 6.07) is 9.82. The molecule has 1 aliphatic rings. The minimum absolute atomic E-state index is 0.169. The molecule has 2 N–H and O–H groups in total. The molecule has 1 aromatic carbocycles. The number of hydrogen-bond acceptors (Lipinski definition) is 4. The zero-order valence-electron chi connectivity index (χ0n) is 11.7. The molecule has 2 amide bonds. The SMILES string of the molecule is O=C(Nc1ncc(-c2ccccc2)s1)[C@H]1CCN(C(=O)O)C1. The van der Waals surface area contributed by atoms with Gasteiger partial charge in [-0.1, -0.05) is 41.7 Å². The lowest BCUT2D eigenvalue weighted by molar-refractivity contribution is -0.119. The Kier molecular flexibility index (Phi) is 4.06. The average molecular weight is 317 g/mol. The van der Waals surface area contributed by atoms with Crippen LogP contribution in [0.15, 0.2) is 36.5 Å². The average Bonchev–Trinajstić information content (AvgIpc) is 3.17. The van der Waals surface area contributed by atoms with E-state index in [1.807, 2.05) is 30.3 Å². The number of rotatable bonds is 3. The van der Waals surface area contributed by atoms with Gasteiger partial charge in [-0.05, 0) is 12.0 Å². The Morgan fingerprint density at radius 2 is 2.09 bits per heavy atom. The number of likely N-dealkylation sites (tertiary alicyclic amines) is 1. The van der Waals surface area contributed by atoms with Gasteiger partial charge in [0.15, 0.2) is 5.13 Å². The maximum atomic E-state index is 12.2. The third-order valence-corrected chi connectivity index (χ3v) is 4.59. The van der Waals surface area contributed by atoms with Crippen LogP contribution in [0.2, 0.25) is 0 Å². The van der Waals surface area contributed by atoms with Crippen LogP contribution in [0.1, 0.15) is 6.42 Å². The van der Waals surface area contributed by atoms with Crippen molar-refractivity contribution in [3.05, 3.63) is 36.5 Å². The minimum atomic E-state index is -0.976. The van der Waals surface area contributed by atoms with E-state index in [1.165, 1.54) is 16.2 Å². The van der Waals surface area contributed by atoms with Gasteiger partial charge >= 0.3 is 6.09 Å². The van der Waals surface area contributed by atoms with Crippen molar-refractivity contribution >= 4 is 28.5 Å². The summed E-state index contributed by atoms with van der Waals surface area (Å²) in [5, 5.41) is 12.2. The summed E-state index contributed by atoms with van der Waals surface area (Å²) in [5.41, 5.74) is 1.05. The van der Waals surface area contributed by atoms with Crippen molar-refractivity contribution in [1.29, 1.82) is 0 Å². The van der Waals surface area contributed by atoms with Gasteiger partial charge in [0.1, 0.15) is 0 Å². The van der Waals surface area contributed by atoms with Crippen LogP contribution in [0, 0.1) is 5.92 Å². The fourth-order valence-corrected chi connectivity index (χ4v) is 3.25. The topological polar surface area (TPSA) is 82.5 Å². The van der Waals surface area contributed by atoms with Gasteiger partial charge in [0.05, 0.1) is 10.8 Å². The summed E-state index contributed by atoms with van der Waals surface area (Å²) in [6.07, 6.45) is 1.30. The summed E-state index contributed by atoms with van der Waals surface area (Å²) in [6.45, 7) is 0.651. The molecule has 1 fully saturated rings. The molecular weight excluding hydrogens is 302 g/mol. The lowest BCUT2D eigenvalue weighted by Gasteiger charge is -2.11. The monoisotopic (exact) mass is 317 g/mol. The van der Waals surface area contributed by atoms with Gasteiger partial charge in [0, 0.05) is 19.3 Å². The van der Waals surface area contributed by atoms with Crippen LogP contribution in [0.5, 0.6) is 0 Å². The fourth-order valence-electron chi connectivity index (χ4n) is 2.42. The Morgan fingerprint density at radius 1 is 1.32 bits per heavy atom. The van der Waals surface area contributed by atoms with Crippen LogP contribution in [-0.4, -0.2) is 40.1 Å². The van der Waals surface area contributed by atoms with Crippen molar-refractivity contribution in [2.24, 2.45) is 5.92 Å². The number of carbonyl (C=O) groups excluding carboxylic acids is 1. The van der Waals surface area contributed by atoms with Crippen LogP contribution in [0.4, 0.5) is 9.93 Å². The lowest BCUT2D eigenvalue weighted by Crippen LogP contribution is -2.30. The number of thiazole rings is 1. The Hall–Kier alpha value is -2.41. The second-order valence-corrected chi connectivity index (χ2v) is 6.13. The highest BCUT2D eigenvalue weighted by Gasteiger charge is 2.31. The zero-order valence-corrected chi connectivity index (χ0v) is 12.5. The fraction of sp³-hybridized carbons (Fsp3) is 0.267. The third-order valence-electron chi connectivity index (χ3n) is 3.62. The highest BCUT2D eigenvalue weighted by atomic mass is 32.1. The van der Waals surface area contributed by atoms with Gasteiger partial charge in [-0.2, -0.15) is 0 Å². The number of amides is 2. The standard InChI is InChI=1S/C15H15N3O3S/c19-13(11-6-7-18(9-11)15(20)21)17-14-16-8-12(22-14)10-4-2-1-3-5-10/h1-5,8,11H,6-7,9H2,(H,20,21)(H,16,17,19)/t11-/m0/s1. The first-order valence-electron chi connectivity index (χ1n) is 6.93. The molecule has 0 radical (unpaired) electrons. The molecule has 0 spiro atoms. The van der Waals surface area contributed by atoms with Gasteiger partial charge in [0.2, 0.25) is 5.91 Å². The van der Waals surface area contributed by atoms with Crippen molar-refractivity contribution in [3.8, 4) is 10.4 Å². The first-order chi connectivity index (χ1) is 10.6. The Bertz CT molecular complexity index is 686. The van der Waals surface area contributed by atoms with Gasteiger partial charge in [-0.25, -0.2) is 9.78 Å². The lowest BCUT2D eigenvalue weighted by atomic mass is 10.1. The molecule has 0 unspecified atom stereocenters. The Balaban J connectivity index is 1.63. The Labute approximate surface area is 131 Å². The summed E-state index contributed by atoms with van der Waals surface area (Å²) >= 11 is 1.41. The predicted molar refractivity (Wildman–Crippen MR) is 83.9 cm³/mol. The number of aromatic nitrogens is 1. The van der Waals surface area contributed by atoms with Crippen molar-refractivity contribution < 1.29 is 14.7 Å². The molecule has 1 atom stereocenters. The Morgan fingerprint density at radius 3 is 2.77 bits per heavy atom. The van der Waals surface area contributed by atoms with E-state index in [-0.39, 0.29) is 18.4 Å². The van der Waals surface area contributed by atoms with E-state index < -0.39 is 6.09 Å². The highest BCUT2D eigenvalue weighted by Crippen LogP contribution is 2.29. The maximum absolute atomic E-state index is 12.2. The van der Waals surface area contributed by atoms with E-state index in [9.17, 15) is 9.59 Å². The molecule has 0 bridgehead atoms. The largest absolute Gasteiger partial charge is 0.465 e. The zero-order chi connectivity index (χ0) is 15.5. The van der Waals surface area contributed by atoms with Crippen LogP contribution in [0.25, 0.3) is 10.4 Å². The summed E-state index contributed by atoms with van der Waals surface area (Å²) in [4.78, 5) is 29.5. The third kappa shape index (κ3) is 3.09. The van der Waals surface area contributed by atoms with Gasteiger partial charge in [0.25, 0.3) is 0 Å². The summed E-state index contributed by atoms with van der Waals surface area (Å²) < 4.78 is 0. The second kappa shape index (κ2) is 6.15. The van der Waals surface area contributed by atoms with Crippen LogP contribution in [0.3, 0.4) is 0 Å². The van der Waals surface area contributed by atoms with Crippen molar-refractivity contribution in [2.75, 3.05) is 18.4 Å². The molecule has 0 saturated carbocycles. The van der Waals surface area contributed by atoms with E-state index in [0.29, 0.717) is 18.1 Å². The van der Waals surface area contributed by atoms with Gasteiger partial charge < -0.3 is 15.3 Å². The minimum Gasteiger partial charge on any atom is -0.465 e. The molecule has 22 heavy (non-hydrogen) atoms.